The Hall–Kier alpha value is -3.34. The van der Waals surface area contributed by atoms with Gasteiger partial charge in [0.15, 0.2) is 0 Å². The maximum absolute atomic E-state index is 12.2. The van der Waals surface area contributed by atoms with Crippen LogP contribution in [0.1, 0.15) is 22.5 Å². The molecule has 1 heterocycles. The van der Waals surface area contributed by atoms with Crippen molar-refractivity contribution in [1.82, 2.24) is 15.1 Å². The van der Waals surface area contributed by atoms with Gasteiger partial charge in [0.25, 0.3) is 0 Å². The summed E-state index contributed by atoms with van der Waals surface area (Å²) in [5, 5.41) is 7.48. The van der Waals surface area contributed by atoms with Gasteiger partial charge in [-0.15, -0.1) is 0 Å². The number of carbonyl (C=O) groups is 1. The third kappa shape index (κ3) is 4.44. The van der Waals surface area contributed by atoms with Crippen molar-refractivity contribution < 1.29 is 9.53 Å². The molecular weight excluding hydrogens is 338 g/mol. The van der Waals surface area contributed by atoms with Crippen molar-refractivity contribution in [3.63, 3.8) is 0 Å². The number of nitrogens with zero attached hydrogens (tertiary/aromatic N) is 2. The molecule has 0 saturated carbocycles. The van der Waals surface area contributed by atoms with Gasteiger partial charge in [-0.2, -0.15) is 5.10 Å². The zero-order valence-corrected chi connectivity index (χ0v) is 15.8. The topological polar surface area (TPSA) is 56.1 Å². The second kappa shape index (κ2) is 8.36. The Morgan fingerprint density at radius 1 is 1.15 bits per heavy atom. The predicted molar refractivity (Wildman–Crippen MR) is 107 cm³/mol. The van der Waals surface area contributed by atoms with Gasteiger partial charge in [-0.3, -0.25) is 4.79 Å². The molecule has 2 aromatic carbocycles. The lowest BCUT2D eigenvalue weighted by Gasteiger charge is -2.05. The lowest BCUT2D eigenvalue weighted by atomic mass is 10.1. The Kier molecular flexibility index (Phi) is 5.71. The van der Waals surface area contributed by atoms with Crippen molar-refractivity contribution in [2.75, 3.05) is 7.11 Å². The molecule has 0 saturated heterocycles. The van der Waals surface area contributed by atoms with E-state index in [1.54, 1.807) is 13.2 Å². The Balaban J connectivity index is 1.68. The average molecular weight is 361 g/mol. The molecule has 3 aromatic rings. The zero-order valence-electron chi connectivity index (χ0n) is 15.8. The molecule has 5 heteroatoms. The van der Waals surface area contributed by atoms with Gasteiger partial charge in [-0.05, 0) is 49.8 Å². The van der Waals surface area contributed by atoms with Crippen LogP contribution in [0, 0.1) is 13.8 Å². The van der Waals surface area contributed by atoms with Gasteiger partial charge in [0.1, 0.15) is 5.75 Å². The van der Waals surface area contributed by atoms with E-state index in [2.05, 4.69) is 10.4 Å². The standard InChI is InChI=1S/C22H23N3O2/c1-16-21(17(2)25(24-16)19-9-5-4-6-10-19)12-13-22(26)23-15-18-8-7-11-20(14-18)27-3/h4-14H,15H2,1-3H3,(H,23,26)/b13-12+. The minimum absolute atomic E-state index is 0.149. The molecule has 0 spiro atoms. The fourth-order valence-electron chi connectivity index (χ4n) is 2.91. The first-order valence-electron chi connectivity index (χ1n) is 8.79. The summed E-state index contributed by atoms with van der Waals surface area (Å²) >= 11 is 0. The van der Waals surface area contributed by atoms with Crippen LogP contribution in [-0.4, -0.2) is 22.8 Å². The van der Waals surface area contributed by atoms with Gasteiger partial charge in [-0.25, -0.2) is 4.68 Å². The van der Waals surface area contributed by atoms with E-state index in [-0.39, 0.29) is 5.91 Å². The fourth-order valence-corrected chi connectivity index (χ4v) is 2.91. The number of nitrogens with one attached hydrogen (secondary N) is 1. The highest BCUT2D eigenvalue weighted by molar-refractivity contribution is 5.92. The Morgan fingerprint density at radius 3 is 2.67 bits per heavy atom. The van der Waals surface area contributed by atoms with Gasteiger partial charge in [0, 0.05) is 23.9 Å². The van der Waals surface area contributed by atoms with Crippen molar-refractivity contribution in [2.24, 2.45) is 0 Å². The summed E-state index contributed by atoms with van der Waals surface area (Å²) in [7, 11) is 1.63. The third-order valence-corrected chi connectivity index (χ3v) is 4.35. The average Bonchev–Trinajstić information content (AvgIpc) is 2.99. The summed E-state index contributed by atoms with van der Waals surface area (Å²) in [4.78, 5) is 12.2. The normalized spacial score (nSPS) is 10.9. The van der Waals surface area contributed by atoms with E-state index < -0.39 is 0 Å². The maximum Gasteiger partial charge on any atom is 0.244 e. The van der Waals surface area contributed by atoms with Gasteiger partial charge in [0.2, 0.25) is 5.91 Å². The van der Waals surface area contributed by atoms with Crippen LogP contribution in [0.5, 0.6) is 5.75 Å². The third-order valence-electron chi connectivity index (χ3n) is 4.35. The van der Waals surface area contributed by atoms with E-state index in [0.29, 0.717) is 6.54 Å². The number of hydrogen-bond acceptors (Lipinski definition) is 3. The van der Waals surface area contributed by atoms with Crippen LogP contribution >= 0.6 is 0 Å². The SMILES string of the molecule is COc1cccc(CNC(=O)/C=C/c2c(C)nn(-c3ccccc3)c2C)c1. The van der Waals surface area contributed by atoms with Crippen molar-refractivity contribution in [3.8, 4) is 11.4 Å². The molecule has 0 fully saturated rings. The first kappa shape index (κ1) is 18.5. The van der Waals surface area contributed by atoms with E-state index >= 15 is 0 Å². The van der Waals surface area contributed by atoms with Gasteiger partial charge < -0.3 is 10.1 Å². The summed E-state index contributed by atoms with van der Waals surface area (Å²) in [5.74, 6) is 0.626. The number of ether oxygens (including phenoxy) is 1. The molecule has 1 amide bonds. The van der Waals surface area contributed by atoms with Crippen molar-refractivity contribution in [3.05, 3.63) is 83.2 Å². The van der Waals surface area contributed by atoms with E-state index in [0.717, 1.165) is 34.0 Å². The van der Waals surface area contributed by atoms with E-state index in [9.17, 15) is 4.79 Å². The second-order valence-corrected chi connectivity index (χ2v) is 6.23. The van der Waals surface area contributed by atoms with Gasteiger partial charge in [0.05, 0.1) is 18.5 Å². The Bertz CT molecular complexity index is 959. The number of amides is 1. The van der Waals surface area contributed by atoms with Crippen LogP contribution < -0.4 is 10.1 Å². The summed E-state index contributed by atoms with van der Waals surface area (Å²) in [6.07, 6.45) is 3.37. The number of methoxy groups -OCH3 is 1. The number of aromatic nitrogens is 2. The van der Waals surface area contributed by atoms with Crippen LogP contribution in [0.4, 0.5) is 0 Å². The fraction of sp³-hybridized carbons (Fsp3) is 0.182. The van der Waals surface area contributed by atoms with Crippen molar-refractivity contribution >= 4 is 12.0 Å². The number of para-hydroxylation sites is 1. The lowest BCUT2D eigenvalue weighted by molar-refractivity contribution is -0.116. The highest BCUT2D eigenvalue weighted by Crippen LogP contribution is 2.19. The molecular formula is C22H23N3O2. The first-order chi connectivity index (χ1) is 13.1. The molecule has 0 aliphatic rings. The molecule has 0 atom stereocenters. The summed E-state index contributed by atoms with van der Waals surface area (Å²) in [6.45, 7) is 4.39. The van der Waals surface area contributed by atoms with E-state index in [4.69, 9.17) is 4.74 Å². The second-order valence-electron chi connectivity index (χ2n) is 6.23. The summed E-state index contributed by atoms with van der Waals surface area (Å²) in [6, 6.07) is 17.6. The van der Waals surface area contributed by atoms with Gasteiger partial charge >= 0.3 is 0 Å². The maximum atomic E-state index is 12.2. The molecule has 0 bridgehead atoms. The molecule has 138 valence electrons. The number of carbonyl (C=O) groups excluding carboxylic acids is 1. The largest absolute Gasteiger partial charge is 0.497 e. The number of hydrogen-bond donors (Lipinski definition) is 1. The van der Waals surface area contributed by atoms with E-state index in [1.165, 1.54) is 0 Å². The monoisotopic (exact) mass is 361 g/mol. The minimum atomic E-state index is -0.149. The molecule has 0 aliphatic carbocycles. The quantitative estimate of drug-likeness (QED) is 0.679. The summed E-state index contributed by atoms with van der Waals surface area (Å²) < 4.78 is 7.09. The first-order valence-corrected chi connectivity index (χ1v) is 8.79. The highest BCUT2D eigenvalue weighted by atomic mass is 16.5. The minimum Gasteiger partial charge on any atom is -0.497 e. The van der Waals surface area contributed by atoms with E-state index in [1.807, 2.05) is 79.2 Å². The lowest BCUT2D eigenvalue weighted by Crippen LogP contribution is -2.20. The van der Waals surface area contributed by atoms with Crippen LogP contribution in [0.25, 0.3) is 11.8 Å². The molecule has 0 radical (unpaired) electrons. The number of aryl methyl sites for hydroxylation is 1. The molecule has 1 aromatic heterocycles. The van der Waals surface area contributed by atoms with Crippen molar-refractivity contribution in [2.45, 2.75) is 20.4 Å². The molecule has 0 aliphatic heterocycles. The Morgan fingerprint density at radius 2 is 1.93 bits per heavy atom. The van der Waals surface area contributed by atoms with Crippen LogP contribution in [-0.2, 0) is 11.3 Å². The molecule has 3 rings (SSSR count). The summed E-state index contributed by atoms with van der Waals surface area (Å²) in [5.41, 5.74) is 4.82. The molecule has 1 N–H and O–H groups in total. The molecule has 27 heavy (non-hydrogen) atoms. The van der Waals surface area contributed by atoms with Crippen LogP contribution in [0.2, 0.25) is 0 Å². The number of rotatable bonds is 6. The molecule has 0 unspecified atom stereocenters. The van der Waals surface area contributed by atoms with Crippen LogP contribution in [0.3, 0.4) is 0 Å². The molecule has 5 nitrogen and oxygen atoms in total. The predicted octanol–water partition coefficient (Wildman–Crippen LogP) is 3.83. The smallest absolute Gasteiger partial charge is 0.244 e. The van der Waals surface area contributed by atoms with Crippen molar-refractivity contribution in [1.29, 1.82) is 0 Å². The zero-order chi connectivity index (χ0) is 19.2. The highest BCUT2D eigenvalue weighted by Gasteiger charge is 2.10. The van der Waals surface area contributed by atoms with Crippen LogP contribution in [0.15, 0.2) is 60.7 Å². The van der Waals surface area contributed by atoms with Gasteiger partial charge in [-0.1, -0.05) is 30.3 Å². The Labute approximate surface area is 159 Å². The number of benzene rings is 2.